The van der Waals surface area contributed by atoms with Crippen LogP contribution in [0.2, 0.25) is 5.02 Å². The van der Waals surface area contributed by atoms with Crippen molar-refractivity contribution in [2.45, 2.75) is 52.3 Å². The minimum absolute atomic E-state index is 0.267. The molecule has 118 valence electrons. The predicted octanol–water partition coefficient (Wildman–Crippen LogP) is 3.84. The quantitative estimate of drug-likeness (QED) is 0.808. The Labute approximate surface area is 133 Å². The van der Waals surface area contributed by atoms with Gasteiger partial charge in [-0.2, -0.15) is 0 Å². The van der Waals surface area contributed by atoms with Crippen molar-refractivity contribution >= 4 is 17.3 Å². The highest BCUT2D eigenvalue weighted by atomic mass is 35.5. The van der Waals surface area contributed by atoms with Gasteiger partial charge in [0.2, 0.25) is 0 Å². The lowest BCUT2D eigenvalue weighted by Crippen LogP contribution is -2.49. The Balaban J connectivity index is 2.25. The molecule has 2 unspecified atom stereocenters. The van der Waals surface area contributed by atoms with Crippen LogP contribution >= 0.6 is 11.6 Å². The molecule has 4 heteroatoms. The lowest BCUT2D eigenvalue weighted by molar-refractivity contribution is 0.0299. The minimum Gasteiger partial charge on any atom is -0.375 e. The fourth-order valence-electron chi connectivity index (χ4n) is 2.86. The fraction of sp³-hybridized carbons (Fsp3) is 0.647. The van der Waals surface area contributed by atoms with E-state index >= 15 is 0 Å². The van der Waals surface area contributed by atoms with Crippen molar-refractivity contribution in [1.82, 2.24) is 5.32 Å². The number of hydrogen-bond donors (Lipinski definition) is 1. The summed E-state index contributed by atoms with van der Waals surface area (Å²) >= 11 is 6.46. The highest BCUT2D eigenvalue weighted by Gasteiger charge is 2.27. The molecule has 1 aromatic carbocycles. The van der Waals surface area contributed by atoms with Gasteiger partial charge in [-0.3, -0.25) is 0 Å². The van der Waals surface area contributed by atoms with Crippen LogP contribution in [0, 0.1) is 0 Å². The monoisotopic (exact) mass is 310 g/mol. The highest BCUT2D eigenvalue weighted by Crippen LogP contribution is 2.31. The standard InChI is InChI=1S/C17H27ClN2O/c1-4-9-19-10-15-16(18)7-6-8-17(15)20-11-13(3)21-12-14(20)5-2/h6-8,13-14,19H,4-5,9-12H2,1-3H3. The number of nitrogens with one attached hydrogen (secondary N) is 1. The molecule has 0 bridgehead atoms. The predicted molar refractivity (Wildman–Crippen MR) is 90.3 cm³/mol. The third kappa shape index (κ3) is 4.12. The van der Waals surface area contributed by atoms with E-state index in [1.165, 1.54) is 11.3 Å². The zero-order valence-electron chi connectivity index (χ0n) is 13.4. The number of nitrogens with zero attached hydrogens (tertiary/aromatic N) is 1. The Bertz CT molecular complexity index is 452. The summed E-state index contributed by atoms with van der Waals surface area (Å²) in [5.41, 5.74) is 2.47. The molecular formula is C17H27ClN2O. The van der Waals surface area contributed by atoms with Crippen LogP contribution in [0.4, 0.5) is 5.69 Å². The van der Waals surface area contributed by atoms with Crippen LogP contribution in [-0.4, -0.2) is 31.8 Å². The van der Waals surface area contributed by atoms with Gasteiger partial charge in [-0.15, -0.1) is 0 Å². The Kier molecular flexibility index (Phi) is 6.34. The first kappa shape index (κ1) is 16.6. The highest BCUT2D eigenvalue weighted by molar-refractivity contribution is 6.31. The van der Waals surface area contributed by atoms with Crippen LogP contribution in [0.15, 0.2) is 18.2 Å². The molecule has 1 aliphatic heterocycles. The van der Waals surface area contributed by atoms with Gasteiger partial charge in [-0.1, -0.05) is 31.5 Å². The number of rotatable bonds is 6. The summed E-state index contributed by atoms with van der Waals surface area (Å²) in [6, 6.07) is 6.66. The van der Waals surface area contributed by atoms with E-state index in [0.29, 0.717) is 6.04 Å². The second-order valence-electron chi connectivity index (χ2n) is 5.77. The molecule has 0 saturated carbocycles. The molecule has 0 amide bonds. The summed E-state index contributed by atoms with van der Waals surface area (Å²) < 4.78 is 5.81. The van der Waals surface area contributed by atoms with E-state index < -0.39 is 0 Å². The first-order valence-electron chi connectivity index (χ1n) is 8.03. The van der Waals surface area contributed by atoms with E-state index in [9.17, 15) is 0 Å². The molecule has 0 spiro atoms. The number of benzene rings is 1. The van der Waals surface area contributed by atoms with Crippen LogP contribution in [0.5, 0.6) is 0 Å². The van der Waals surface area contributed by atoms with E-state index in [4.69, 9.17) is 16.3 Å². The van der Waals surface area contributed by atoms with Gasteiger partial charge < -0.3 is 15.0 Å². The van der Waals surface area contributed by atoms with Gasteiger partial charge in [-0.25, -0.2) is 0 Å². The Morgan fingerprint density at radius 2 is 2.19 bits per heavy atom. The second kappa shape index (κ2) is 8.02. The third-order valence-corrected chi connectivity index (χ3v) is 4.43. The zero-order chi connectivity index (χ0) is 15.2. The number of ether oxygens (including phenoxy) is 1. The van der Waals surface area contributed by atoms with Crippen molar-refractivity contribution in [2.24, 2.45) is 0 Å². The minimum atomic E-state index is 0.267. The van der Waals surface area contributed by atoms with Gasteiger partial charge in [0.05, 0.1) is 18.8 Å². The van der Waals surface area contributed by atoms with Gasteiger partial charge in [0.1, 0.15) is 0 Å². The number of hydrogen-bond acceptors (Lipinski definition) is 3. The topological polar surface area (TPSA) is 24.5 Å². The van der Waals surface area contributed by atoms with Crippen LogP contribution in [0.3, 0.4) is 0 Å². The maximum Gasteiger partial charge on any atom is 0.0723 e. The third-order valence-electron chi connectivity index (χ3n) is 4.07. The number of anilines is 1. The largest absolute Gasteiger partial charge is 0.375 e. The summed E-state index contributed by atoms with van der Waals surface area (Å²) in [7, 11) is 0. The van der Waals surface area contributed by atoms with E-state index in [1.807, 2.05) is 12.1 Å². The summed E-state index contributed by atoms with van der Waals surface area (Å²) in [6.07, 6.45) is 2.48. The van der Waals surface area contributed by atoms with Crippen molar-refractivity contribution in [3.8, 4) is 0 Å². The molecule has 21 heavy (non-hydrogen) atoms. The van der Waals surface area contributed by atoms with E-state index in [0.717, 1.165) is 44.1 Å². The summed E-state index contributed by atoms with van der Waals surface area (Å²) in [5, 5.41) is 4.33. The smallest absolute Gasteiger partial charge is 0.0723 e. The van der Waals surface area contributed by atoms with Crippen molar-refractivity contribution in [2.75, 3.05) is 24.6 Å². The molecule has 3 nitrogen and oxygen atoms in total. The average Bonchev–Trinajstić information content (AvgIpc) is 2.49. The van der Waals surface area contributed by atoms with Crippen LogP contribution in [0.1, 0.15) is 39.2 Å². The summed E-state index contributed by atoms with van der Waals surface area (Å²) in [5.74, 6) is 0. The SMILES string of the molecule is CCCNCc1c(Cl)cccc1N1CC(C)OCC1CC. The first-order chi connectivity index (χ1) is 10.2. The molecule has 0 radical (unpaired) electrons. The molecular weight excluding hydrogens is 284 g/mol. The summed E-state index contributed by atoms with van der Waals surface area (Å²) in [6.45, 7) is 10.1. The van der Waals surface area contributed by atoms with Gasteiger partial charge >= 0.3 is 0 Å². The van der Waals surface area contributed by atoms with E-state index in [2.05, 4.69) is 37.1 Å². The van der Waals surface area contributed by atoms with Gasteiger partial charge in [0, 0.05) is 29.4 Å². The second-order valence-corrected chi connectivity index (χ2v) is 6.18. The van der Waals surface area contributed by atoms with Crippen LogP contribution < -0.4 is 10.2 Å². The normalized spacial score (nSPS) is 22.6. The van der Waals surface area contributed by atoms with Gasteiger partial charge in [0.25, 0.3) is 0 Å². The number of halogens is 1. The molecule has 0 aliphatic carbocycles. The fourth-order valence-corrected chi connectivity index (χ4v) is 3.10. The zero-order valence-corrected chi connectivity index (χ0v) is 14.1. The molecule has 1 aromatic rings. The number of morpholine rings is 1. The van der Waals surface area contributed by atoms with Crippen molar-refractivity contribution in [3.63, 3.8) is 0 Å². The molecule has 1 saturated heterocycles. The van der Waals surface area contributed by atoms with Crippen molar-refractivity contribution < 1.29 is 4.74 Å². The van der Waals surface area contributed by atoms with Gasteiger partial charge in [0.15, 0.2) is 0 Å². The average molecular weight is 311 g/mol. The molecule has 1 heterocycles. The van der Waals surface area contributed by atoms with Gasteiger partial charge in [-0.05, 0) is 38.4 Å². The lowest BCUT2D eigenvalue weighted by Gasteiger charge is -2.41. The van der Waals surface area contributed by atoms with Crippen LogP contribution in [-0.2, 0) is 11.3 Å². The first-order valence-corrected chi connectivity index (χ1v) is 8.41. The maximum absolute atomic E-state index is 6.46. The Morgan fingerprint density at radius 1 is 1.38 bits per heavy atom. The molecule has 0 aromatic heterocycles. The van der Waals surface area contributed by atoms with E-state index in [1.54, 1.807) is 0 Å². The summed E-state index contributed by atoms with van der Waals surface area (Å²) in [4.78, 5) is 2.48. The van der Waals surface area contributed by atoms with Crippen molar-refractivity contribution in [1.29, 1.82) is 0 Å². The van der Waals surface area contributed by atoms with Crippen LogP contribution in [0.25, 0.3) is 0 Å². The molecule has 1 N–H and O–H groups in total. The Hall–Kier alpha value is -0.770. The molecule has 2 atom stereocenters. The van der Waals surface area contributed by atoms with E-state index in [-0.39, 0.29) is 6.10 Å². The Morgan fingerprint density at radius 3 is 2.90 bits per heavy atom. The molecule has 1 aliphatic rings. The molecule has 2 rings (SSSR count). The molecule has 1 fully saturated rings. The maximum atomic E-state index is 6.46. The van der Waals surface area contributed by atoms with Crippen molar-refractivity contribution in [3.05, 3.63) is 28.8 Å². The lowest BCUT2D eigenvalue weighted by atomic mass is 10.1.